The Morgan fingerprint density at radius 3 is 2.22 bits per heavy atom. The summed E-state index contributed by atoms with van der Waals surface area (Å²) in [4.78, 5) is 33.0. The Morgan fingerprint density at radius 2 is 1.67 bits per heavy atom. The van der Waals surface area contributed by atoms with Gasteiger partial charge in [-0.15, -0.1) is 0 Å². The molecule has 0 aliphatic rings. The molecule has 0 radical (unpaired) electrons. The molecule has 18 heavy (non-hydrogen) atoms. The zero-order valence-corrected chi connectivity index (χ0v) is 11.2. The number of rotatable bonds is 8. The summed E-state index contributed by atoms with van der Waals surface area (Å²) in [5.74, 6) is 0.0881. The molecule has 0 spiro atoms. The van der Waals surface area contributed by atoms with Crippen molar-refractivity contribution in [3.63, 3.8) is 0 Å². The molecular formula is C12H22N2O4. The SMILES string of the molecule is CC(=O)CCC(=O)NCCNC(=O)OCC(C)C. The van der Waals surface area contributed by atoms with Crippen molar-refractivity contribution in [2.75, 3.05) is 19.7 Å². The predicted octanol–water partition coefficient (Wildman–Crippen LogP) is 0.854. The van der Waals surface area contributed by atoms with Crippen LogP contribution in [0.2, 0.25) is 0 Å². The van der Waals surface area contributed by atoms with E-state index in [1.54, 1.807) is 0 Å². The quantitative estimate of drug-likeness (QED) is 0.632. The normalized spacial score (nSPS) is 10.0. The number of amides is 2. The fourth-order valence-corrected chi connectivity index (χ4v) is 1.04. The lowest BCUT2D eigenvalue weighted by Gasteiger charge is -2.09. The number of Topliss-reactive ketones (excluding diaryl/α,β-unsaturated/α-hetero) is 1. The van der Waals surface area contributed by atoms with Crippen molar-refractivity contribution < 1.29 is 19.1 Å². The topological polar surface area (TPSA) is 84.5 Å². The molecule has 0 aliphatic heterocycles. The second kappa shape index (κ2) is 9.44. The maximum atomic E-state index is 11.2. The van der Waals surface area contributed by atoms with Gasteiger partial charge in [0.2, 0.25) is 5.91 Å². The lowest BCUT2D eigenvalue weighted by molar-refractivity contribution is -0.124. The van der Waals surface area contributed by atoms with Crippen LogP contribution in [0.5, 0.6) is 0 Å². The molecule has 0 aromatic carbocycles. The van der Waals surface area contributed by atoms with Crippen molar-refractivity contribution >= 4 is 17.8 Å². The number of alkyl carbamates (subject to hydrolysis) is 1. The van der Waals surface area contributed by atoms with E-state index >= 15 is 0 Å². The van der Waals surface area contributed by atoms with Crippen LogP contribution in [-0.2, 0) is 14.3 Å². The standard InChI is InChI=1S/C12H22N2O4/c1-9(2)8-18-12(17)14-7-6-13-11(16)5-4-10(3)15/h9H,4-8H2,1-3H3,(H,13,16)(H,14,17). The molecule has 0 fully saturated rings. The van der Waals surface area contributed by atoms with Crippen molar-refractivity contribution in [3.05, 3.63) is 0 Å². The first-order chi connectivity index (χ1) is 8.41. The summed E-state index contributed by atoms with van der Waals surface area (Å²) in [5.41, 5.74) is 0. The lowest BCUT2D eigenvalue weighted by Crippen LogP contribution is -2.35. The molecule has 104 valence electrons. The van der Waals surface area contributed by atoms with Crippen molar-refractivity contribution in [1.82, 2.24) is 10.6 Å². The molecule has 0 aromatic rings. The van der Waals surface area contributed by atoms with Gasteiger partial charge >= 0.3 is 6.09 Å². The van der Waals surface area contributed by atoms with Crippen molar-refractivity contribution in [3.8, 4) is 0 Å². The van der Waals surface area contributed by atoms with E-state index in [0.717, 1.165) is 0 Å². The Kier molecular flexibility index (Phi) is 8.61. The summed E-state index contributed by atoms with van der Waals surface area (Å²) >= 11 is 0. The molecule has 6 nitrogen and oxygen atoms in total. The minimum Gasteiger partial charge on any atom is -0.449 e. The Morgan fingerprint density at radius 1 is 1.06 bits per heavy atom. The number of hydrogen-bond acceptors (Lipinski definition) is 4. The largest absolute Gasteiger partial charge is 0.449 e. The molecule has 0 unspecified atom stereocenters. The molecule has 0 rings (SSSR count). The second-order valence-electron chi connectivity index (χ2n) is 4.47. The summed E-state index contributed by atoms with van der Waals surface area (Å²) < 4.78 is 4.88. The average Bonchev–Trinajstić information content (AvgIpc) is 2.29. The number of carbonyl (C=O) groups is 3. The first-order valence-electron chi connectivity index (χ1n) is 6.08. The van der Waals surface area contributed by atoms with Crippen LogP contribution >= 0.6 is 0 Å². The molecule has 2 amide bonds. The molecule has 0 aromatic heterocycles. The fraction of sp³-hybridized carbons (Fsp3) is 0.750. The zero-order valence-electron chi connectivity index (χ0n) is 11.2. The number of hydrogen-bond donors (Lipinski definition) is 2. The molecule has 0 aliphatic carbocycles. The van der Waals surface area contributed by atoms with Gasteiger partial charge in [-0.3, -0.25) is 4.79 Å². The maximum Gasteiger partial charge on any atom is 0.407 e. The van der Waals surface area contributed by atoms with Crippen molar-refractivity contribution in [2.24, 2.45) is 5.92 Å². The fourth-order valence-electron chi connectivity index (χ4n) is 1.04. The smallest absolute Gasteiger partial charge is 0.407 e. The highest BCUT2D eigenvalue weighted by molar-refractivity contribution is 5.83. The maximum absolute atomic E-state index is 11.2. The summed E-state index contributed by atoms with van der Waals surface area (Å²) in [7, 11) is 0. The lowest BCUT2D eigenvalue weighted by atomic mass is 10.2. The minimum absolute atomic E-state index is 0.0134. The summed E-state index contributed by atoms with van der Waals surface area (Å²) in [6, 6.07) is 0. The zero-order chi connectivity index (χ0) is 14.0. The van der Waals surface area contributed by atoms with E-state index in [4.69, 9.17) is 4.74 Å². The molecule has 0 saturated heterocycles. The van der Waals surface area contributed by atoms with Gasteiger partial charge in [-0.1, -0.05) is 13.8 Å². The number of carbonyl (C=O) groups excluding carboxylic acids is 3. The average molecular weight is 258 g/mol. The molecule has 0 atom stereocenters. The predicted molar refractivity (Wildman–Crippen MR) is 67.1 cm³/mol. The van der Waals surface area contributed by atoms with Crippen LogP contribution in [0.25, 0.3) is 0 Å². The van der Waals surface area contributed by atoms with E-state index in [2.05, 4.69) is 10.6 Å². The van der Waals surface area contributed by atoms with E-state index in [0.29, 0.717) is 25.6 Å². The van der Waals surface area contributed by atoms with E-state index in [9.17, 15) is 14.4 Å². The van der Waals surface area contributed by atoms with E-state index < -0.39 is 6.09 Å². The van der Waals surface area contributed by atoms with Gasteiger partial charge in [0.15, 0.2) is 0 Å². The molecule has 6 heteroatoms. The third kappa shape index (κ3) is 10.9. The monoisotopic (exact) mass is 258 g/mol. The molecule has 2 N–H and O–H groups in total. The van der Waals surface area contributed by atoms with Crippen LogP contribution in [0.4, 0.5) is 4.79 Å². The Balaban J connectivity index is 3.46. The molecule has 0 bridgehead atoms. The number of nitrogens with one attached hydrogen (secondary N) is 2. The van der Waals surface area contributed by atoms with Gasteiger partial charge in [0, 0.05) is 25.9 Å². The van der Waals surface area contributed by atoms with E-state index in [1.165, 1.54) is 6.92 Å². The Hall–Kier alpha value is -1.59. The van der Waals surface area contributed by atoms with Gasteiger partial charge in [0.05, 0.1) is 6.61 Å². The van der Waals surface area contributed by atoms with Crippen LogP contribution in [0.3, 0.4) is 0 Å². The summed E-state index contributed by atoms with van der Waals surface area (Å²) in [6.07, 6.45) is -0.0512. The Labute approximate surface area is 107 Å². The second-order valence-corrected chi connectivity index (χ2v) is 4.47. The minimum atomic E-state index is -0.485. The van der Waals surface area contributed by atoms with Gasteiger partial charge in [0.1, 0.15) is 5.78 Å². The van der Waals surface area contributed by atoms with E-state index in [-0.39, 0.29) is 24.5 Å². The summed E-state index contributed by atoms with van der Waals surface area (Å²) in [5, 5.41) is 5.11. The third-order valence-electron chi connectivity index (χ3n) is 1.97. The van der Waals surface area contributed by atoms with Crippen molar-refractivity contribution in [1.29, 1.82) is 0 Å². The van der Waals surface area contributed by atoms with E-state index in [1.807, 2.05) is 13.8 Å². The highest BCUT2D eigenvalue weighted by Gasteiger charge is 2.04. The molecular weight excluding hydrogens is 236 g/mol. The highest BCUT2D eigenvalue weighted by Crippen LogP contribution is 1.92. The Bertz CT molecular complexity index is 290. The van der Waals surface area contributed by atoms with Crippen molar-refractivity contribution in [2.45, 2.75) is 33.6 Å². The van der Waals surface area contributed by atoms with Gasteiger partial charge in [-0.25, -0.2) is 4.79 Å². The first kappa shape index (κ1) is 16.4. The van der Waals surface area contributed by atoms with Gasteiger partial charge < -0.3 is 20.2 Å². The van der Waals surface area contributed by atoms with Gasteiger partial charge in [-0.05, 0) is 12.8 Å². The van der Waals surface area contributed by atoms with Crippen LogP contribution in [0, 0.1) is 5.92 Å². The van der Waals surface area contributed by atoms with Gasteiger partial charge in [-0.2, -0.15) is 0 Å². The van der Waals surface area contributed by atoms with Crippen LogP contribution < -0.4 is 10.6 Å². The van der Waals surface area contributed by atoms with Crippen LogP contribution in [0.1, 0.15) is 33.6 Å². The first-order valence-corrected chi connectivity index (χ1v) is 6.08. The number of ether oxygens (including phenoxy) is 1. The third-order valence-corrected chi connectivity index (χ3v) is 1.97. The summed E-state index contributed by atoms with van der Waals surface area (Å²) in [6.45, 7) is 6.34. The van der Waals surface area contributed by atoms with Gasteiger partial charge in [0.25, 0.3) is 0 Å². The van der Waals surface area contributed by atoms with Crippen LogP contribution in [0.15, 0.2) is 0 Å². The highest BCUT2D eigenvalue weighted by atomic mass is 16.5. The molecule has 0 saturated carbocycles. The number of ketones is 1. The van der Waals surface area contributed by atoms with Crippen LogP contribution in [-0.4, -0.2) is 37.5 Å². The molecule has 0 heterocycles.